The van der Waals surface area contributed by atoms with E-state index >= 15 is 4.39 Å². The summed E-state index contributed by atoms with van der Waals surface area (Å²) in [6.45, 7) is 9.13. The van der Waals surface area contributed by atoms with Gasteiger partial charge >= 0.3 is 6.09 Å². The molecule has 0 bridgehead atoms. The quantitative estimate of drug-likeness (QED) is 0.224. The molecule has 0 aliphatic heterocycles. The summed E-state index contributed by atoms with van der Waals surface area (Å²) in [4.78, 5) is 34.7. The van der Waals surface area contributed by atoms with Crippen molar-refractivity contribution in [3.8, 4) is 0 Å². The predicted octanol–water partition coefficient (Wildman–Crippen LogP) is 5.85. The Balaban J connectivity index is 1.63. The van der Waals surface area contributed by atoms with Crippen molar-refractivity contribution in [2.24, 2.45) is 0 Å². The SMILES string of the molecule is CC(C)(C)OC(=O)N[C@H]1CCCC[C@H]1Nc1nc(Nc2cncc(N)c2)c(C(=O)NC(C)(C)c2ccccc2)cc1F. The molecule has 11 heteroatoms. The molecule has 0 saturated heterocycles. The average molecular weight is 578 g/mol. The molecule has 2 aromatic heterocycles. The first-order valence-electron chi connectivity index (χ1n) is 14.1. The number of alkyl carbamates (subject to hydrolysis) is 1. The number of aromatic nitrogens is 2. The predicted molar refractivity (Wildman–Crippen MR) is 162 cm³/mol. The molecule has 224 valence electrons. The monoisotopic (exact) mass is 577 g/mol. The number of nitrogens with two attached hydrogens (primary N) is 1. The molecule has 3 aromatic rings. The van der Waals surface area contributed by atoms with Crippen LogP contribution < -0.4 is 27.0 Å². The molecule has 2 heterocycles. The summed E-state index contributed by atoms with van der Waals surface area (Å²) in [5.41, 5.74) is 6.32. The summed E-state index contributed by atoms with van der Waals surface area (Å²) in [5, 5.41) is 12.2. The Morgan fingerprint density at radius 3 is 2.33 bits per heavy atom. The van der Waals surface area contributed by atoms with Crippen molar-refractivity contribution in [1.82, 2.24) is 20.6 Å². The lowest BCUT2D eigenvalue weighted by molar-refractivity contribution is 0.0488. The van der Waals surface area contributed by atoms with Gasteiger partial charge in [-0.3, -0.25) is 9.78 Å². The molecular formula is C31H40FN7O3. The first kappa shape index (κ1) is 30.5. The zero-order valence-electron chi connectivity index (χ0n) is 24.8. The van der Waals surface area contributed by atoms with E-state index in [0.717, 1.165) is 24.5 Å². The van der Waals surface area contributed by atoms with Gasteiger partial charge in [-0.25, -0.2) is 14.2 Å². The maximum atomic E-state index is 15.6. The van der Waals surface area contributed by atoms with Gasteiger partial charge in [0, 0.05) is 12.2 Å². The van der Waals surface area contributed by atoms with Crippen molar-refractivity contribution in [2.75, 3.05) is 16.4 Å². The molecule has 6 N–H and O–H groups in total. The number of carbonyl (C=O) groups is 2. The fourth-order valence-electron chi connectivity index (χ4n) is 4.91. The van der Waals surface area contributed by atoms with Gasteiger partial charge in [0.05, 0.1) is 34.7 Å². The topological polar surface area (TPSA) is 143 Å². The van der Waals surface area contributed by atoms with Crippen LogP contribution in [0.15, 0.2) is 54.9 Å². The molecule has 1 saturated carbocycles. The van der Waals surface area contributed by atoms with E-state index in [-0.39, 0.29) is 29.3 Å². The second-order valence-corrected chi connectivity index (χ2v) is 12.1. The number of amides is 2. The third-order valence-electron chi connectivity index (χ3n) is 6.95. The van der Waals surface area contributed by atoms with Crippen molar-refractivity contribution >= 4 is 35.0 Å². The lowest BCUT2D eigenvalue weighted by Gasteiger charge is -2.34. The zero-order chi connectivity index (χ0) is 30.5. The molecule has 0 unspecified atom stereocenters. The van der Waals surface area contributed by atoms with Crippen LogP contribution in [0.3, 0.4) is 0 Å². The summed E-state index contributed by atoms with van der Waals surface area (Å²) >= 11 is 0. The average Bonchev–Trinajstić information content (AvgIpc) is 2.90. The summed E-state index contributed by atoms with van der Waals surface area (Å²) in [7, 11) is 0. The first-order valence-corrected chi connectivity index (χ1v) is 14.1. The molecule has 42 heavy (non-hydrogen) atoms. The van der Waals surface area contributed by atoms with Crippen LogP contribution in [0.25, 0.3) is 0 Å². The standard InChI is InChI=1S/C31H40FN7O3/c1-30(2,3)42-29(41)37-25-14-10-9-13-24(25)36-27-23(32)16-22(26(38-27)35-21-15-20(33)17-34-18-21)28(40)39-31(4,5)19-11-7-6-8-12-19/h6-8,11-12,15-18,24-25H,9-10,13-14,33H2,1-5H3,(H,37,41)(H,39,40)(H2,35,36,38)/t24-,25+/m1/s1. The number of pyridine rings is 2. The van der Waals surface area contributed by atoms with Crippen LogP contribution in [0, 0.1) is 5.82 Å². The molecule has 1 fully saturated rings. The summed E-state index contributed by atoms with van der Waals surface area (Å²) < 4.78 is 21.1. The van der Waals surface area contributed by atoms with Crippen molar-refractivity contribution < 1.29 is 18.7 Å². The fraction of sp³-hybridized carbons (Fsp3) is 0.419. The highest BCUT2D eigenvalue weighted by atomic mass is 19.1. The number of ether oxygens (including phenoxy) is 1. The lowest BCUT2D eigenvalue weighted by atomic mass is 9.90. The van der Waals surface area contributed by atoms with Gasteiger partial charge in [0.15, 0.2) is 11.6 Å². The van der Waals surface area contributed by atoms with E-state index in [2.05, 4.69) is 31.2 Å². The van der Waals surface area contributed by atoms with E-state index in [9.17, 15) is 9.59 Å². The smallest absolute Gasteiger partial charge is 0.407 e. The van der Waals surface area contributed by atoms with Gasteiger partial charge in [0.1, 0.15) is 11.4 Å². The first-order chi connectivity index (χ1) is 19.8. The number of carbonyl (C=O) groups excluding carboxylic acids is 2. The van der Waals surface area contributed by atoms with Crippen LogP contribution in [0.2, 0.25) is 0 Å². The Labute approximate surface area is 246 Å². The molecule has 1 aliphatic carbocycles. The van der Waals surface area contributed by atoms with Gasteiger partial charge < -0.3 is 31.7 Å². The Morgan fingerprint density at radius 2 is 1.67 bits per heavy atom. The van der Waals surface area contributed by atoms with Crippen LogP contribution in [-0.2, 0) is 10.3 Å². The van der Waals surface area contributed by atoms with E-state index < -0.39 is 29.0 Å². The van der Waals surface area contributed by atoms with E-state index in [1.807, 2.05) is 44.2 Å². The number of benzene rings is 1. The Hall–Kier alpha value is -4.41. The Kier molecular flexibility index (Phi) is 9.18. The van der Waals surface area contributed by atoms with Crippen molar-refractivity contribution in [2.45, 2.75) is 83.5 Å². The largest absolute Gasteiger partial charge is 0.444 e. The van der Waals surface area contributed by atoms with E-state index in [1.165, 1.54) is 12.4 Å². The zero-order valence-corrected chi connectivity index (χ0v) is 24.8. The highest BCUT2D eigenvalue weighted by molar-refractivity contribution is 6.00. The highest BCUT2D eigenvalue weighted by Gasteiger charge is 2.31. The third kappa shape index (κ3) is 8.08. The van der Waals surface area contributed by atoms with Crippen molar-refractivity contribution in [1.29, 1.82) is 0 Å². The minimum Gasteiger partial charge on any atom is -0.444 e. The van der Waals surface area contributed by atoms with E-state index in [1.54, 1.807) is 26.8 Å². The molecule has 10 nitrogen and oxygen atoms in total. The van der Waals surface area contributed by atoms with Gasteiger partial charge in [0.2, 0.25) is 0 Å². The number of halogens is 1. The highest BCUT2D eigenvalue weighted by Crippen LogP contribution is 2.29. The van der Waals surface area contributed by atoms with Gasteiger partial charge in [-0.1, -0.05) is 43.2 Å². The number of rotatable bonds is 8. The number of nitrogens with zero attached hydrogens (tertiary/aromatic N) is 2. The molecular weight excluding hydrogens is 537 g/mol. The maximum absolute atomic E-state index is 15.6. The molecule has 0 spiro atoms. The van der Waals surface area contributed by atoms with E-state index in [0.29, 0.717) is 24.2 Å². The number of hydrogen-bond acceptors (Lipinski definition) is 8. The van der Waals surface area contributed by atoms with Gasteiger partial charge in [0.25, 0.3) is 5.91 Å². The molecule has 1 aromatic carbocycles. The molecule has 4 rings (SSSR count). The lowest BCUT2D eigenvalue weighted by Crippen LogP contribution is -2.50. The molecule has 1 aliphatic rings. The van der Waals surface area contributed by atoms with Crippen molar-refractivity contribution in [3.05, 3.63) is 71.8 Å². The number of anilines is 4. The fourth-order valence-corrected chi connectivity index (χ4v) is 4.91. The summed E-state index contributed by atoms with van der Waals surface area (Å²) in [6, 6.07) is 11.7. The van der Waals surface area contributed by atoms with Gasteiger partial charge in [-0.2, -0.15) is 0 Å². The molecule has 0 radical (unpaired) electrons. The number of nitrogen functional groups attached to an aromatic ring is 1. The minimum atomic E-state index is -0.746. The number of nitrogens with one attached hydrogen (secondary N) is 4. The van der Waals surface area contributed by atoms with E-state index in [4.69, 9.17) is 10.5 Å². The third-order valence-corrected chi connectivity index (χ3v) is 6.95. The molecule has 2 amide bonds. The Morgan fingerprint density at radius 1 is 0.976 bits per heavy atom. The van der Waals surface area contributed by atoms with Gasteiger partial charge in [-0.15, -0.1) is 0 Å². The normalized spacial score (nSPS) is 17.2. The van der Waals surface area contributed by atoms with Crippen LogP contribution in [0.5, 0.6) is 0 Å². The van der Waals surface area contributed by atoms with Crippen molar-refractivity contribution in [3.63, 3.8) is 0 Å². The van der Waals surface area contributed by atoms with Gasteiger partial charge in [-0.05, 0) is 65.2 Å². The van der Waals surface area contributed by atoms with Crippen LogP contribution in [0.1, 0.15) is 76.2 Å². The van der Waals surface area contributed by atoms with Crippen LogP contribution in [0.4, 0.5) is 32.2 Å². The second kappa shape index (κ2) is 12.6. The second-order valence-electron chi connectivity index (χ2n) is 12.1. The van der Waals surface area contributed by atoms with Crippen LogP contribution >= 0.6 is 0 Å². The Bertz CT molecular complexity index is 1410. The molecule has 2 atom stereocenters. The minimum absolute atomic E-state index is 0.0107. The summed E-state index contributed by atoms with van der Waals surface area (Å²) in [5.74, 6) is -1.13. The summed E-state index contributed by atoms with van der Waals surface area (Å²) in [6.07, 6.45) is 5.71. The number of hydrogen-bond donors (Lipinski definition) is 5. The van der Waals surface area contributed by atoms with Crippen LogP contribution in [-0.4, -0.2) is 39.7 Å². The maximum Gasteiger partial charge on any atom is 0.407 e.